The first-order valence-corrected chi connectivity index (χ1v) is 7.10. The highest BCUT2D eigenvalue weighted by Gasteiger charge is 2.14. The van der Waals surface area contributed by atoms with Crippen LogP contribution in [-0.2, 0) is 6.54 Å². The van der Waals surface area contributed by atoms with Gasteiger partial charge in [0.1, 0.15) is 5.82 Å². The summed E-state index contributed by atoms with van der Waals surface area (Å²) in [5, 5.41) is 0. The number of benzene rings is 1. The topological polar surface area (TPSA) is 17.8 Å². The molecule has 2 rings (SSSR count). The number of hydrogen-bond acceptors (Lipinski definition) is 1. The van der Waals surface area contributed by atoms with Gasteiger partial charge in [-0.25, -0.2) is 4.98 Å². The molecule has 0 radical (unpaired) electrons. The monoisotopic (exact) mass is 294 g/mol. The zero-order valence-corrected chi connectivity index (χ0v) is 12.5. The van der Waals surface area contributed by atoms with Crippen LogP contribution in [0, 0.1) is 0 Å². The predicted octanol–water partition coefficient (Wildman–Crippen LogP) is 4.64. The Morgan fingerprint density at radius 1 is 1.29 bits per heavy atom. The molecule has 1 atom stereocenters. The Balaban J connectivity index is 2.64. The largest absolute Gasteiger partial charge is 0.327 e. The molecule has 0 aliphatic carbocycles. The van der Waals surface area contributed by atoms with E-state index in [1.807, 2.05) is 0 Å². The van der Waals surface area contributed by atoms with E-state index in [1.54, 1.807) is 0 Å². The smallest absolute Gasteiger partial charge is 0.123 e. The van der Waals surface area contributed by atoms with Gasteiger partial charge >= 0.3 is 0 Å². The van der Waals surface area contributed by atoms with E-state index in [1.165, 1.54) is 11.1 Å². The number of rotatable bonds is 3. The molecular formula is C14H19BrN2. The summed E-state index contributed by atoms with van der Waals surface area (Å²) in [6, 6.07) is 6.62. The summed E-state index contributed by atoms with van der Waals surface area (Å²) in [6.07, 6.45) is 0. The van der Waals surface area contributed by atoms with E-state index in [9.17, 15) is 0 Å². The Kier molecular flexibility index (Phi) is 3.57. The second-order valence-corrected chi connectivity index (χ2v) is 6.11. The van der Waals surface area contributed by atoms with Gasteiger partial charge in [0.05, 0.1) is 15.9 Å². The molecule has 1 heterocycles. The van der Waals surface area contributed by atoms with Crippen molar-refractivity contribution in [3.05, 3.63) is 29.6 Å². The highest BCUT2D eigenvalue weighted by Crippen LogP contribution is 2.27. The zero-order chi connectivity index (χ0) is 12.6. The minimum atomic E-state index is 0.289. The fourth-order valence-electron chi connectivity index (χ4n) is 2.16. The summed E-state index contributed by atoms with van der Waals surface area (Å²) in [4.78, 5) is 5.03. The minimum Gasteiger partial charge on any atom is -0.327 e. The van der Waals surface area contributed by atoms with Crippen molar-refractivity contribution < 1.29 is 0 Å². The molecule has 1 aromatic heterocycles. The lowest BCUT2D eigenvalue weighted by molar-refractivity contribution is 0.723. The predicted molar refractivity (Wildman–Crippen MR) is 76.8 cm³/mol. The van der Waals surface area contributed by atoms with Crippen LogP contribution in [0.1, 0.15) is 49.8 Å². The number of fused-ring (bicyclic) bond motifs is 1. The third-order valence-electron chi connectivity index (χ3n) is 3.14. The summed E-state index contributed by atoms with van der Waals surface area (Å²) < 4.78 is 2.28. The number of aromatic nitrogens is 2. The van der Waals surface area contributed by atoms with Gasteiger partial charge in [0.2, 0.25) is 0 Å². The Hall–Kier alpha value is -0.830. The first-order chi connectivity index (χ1) is 8.04. The lowest BCUT2D eigenvalue weighted by Crippen LogP contribution is -2.01. The maximum atomic E-state index is 4.74. The van der Waals surface area contributed by atoms with Crippen molar-refractivity contribution in [2.24, 2.45) is 0 Å². The van der Waals surface area contributed by atoms with Gasteiger partial charge in [-0.05, 0) is 37.5 Å². The van der Waals surface area contributed by atoms with Crippen LogP contribution >= 0.6 is 15.9 Å². The molecule has 0 saturated heterocycles. The van der Waals surface area contributed by atoms with Crippen molar-refractivity contribution in [1.29, 1.82) is 0 Å². The molecule has 0 spiro atoms. The van der Waals surface area contributed by atoms with Gasteiger partial charge in [-0.2, -0.15) is 0 Å². The van der Waals surface area contributed by atoms with Crippen LogP contribution in [0.25, 0.3) is 11.0 Å². The second-order valence-electron chi connectivity index (χ2n) is 4.73. The molecule has 1 unspecified atom stereocenters. The van der Waals surface area contributed by atoms with Gasteiger partial charge in [0.25, 0.3) is 0 Å². The van der Waals surface area contributed by atoms with Gasteiger partial charge in [0.15, 0.2) is 0 Å². The standard InChI is InChI=1S/C14H19BrN2/c1-5-17-13-7-6-11(9(2)3)8-12(13)16-14(17)10(4)15/h6-10H,5H2,1-4H3. The lowest BCUT2D eigenvalue weighted by atomic mass is 10.0. The van der Waals surface area contributed by atoms with Crippen molar-refractivity contribution in [2.75, 3.05) is 0 Å². The average molecular weight is 295 g/mol. The minimum absolute atomic E-state index is 0.289. The molecule has 0 fully saturated rings. The van der Waals surface area contributed by atoms with Crippen LogP contribution in [0.15, 0.2) is 18.2 Å². The maximum Gasteiger partial charge on any atom is 0.123 e. The van der Waals surface area contributed by atoms with Crippen LogP contribution in [0.3, 0.4) is 0 Å². The van der Waals surface area contributed by atoms with Crippen LogP contribution < -0.4 is 0 Å². The lowest BCUT2D eigenvalue weighted by Gasteiger charge is -2.08. The maximum absolute atomic E-state index is 4.74. The molecule has 92 valence electrons. The van der Waals surface area contributed by atoms with Crippen molar-refractivity contribution in [3.63, 3.8) is 0 Å². The average Bonchev–Trinajstić information content (AvgIpc) is 2.66. The normalized spacial score (nSPS) is 13.5. The fraction of sp³-hybridized carbons (Fsp3) is 0.500. The van der Waals surface area contributed by atoms with Gasteiger partial charge in [0, 0.05) is 6.54 Å². The van der Waals surface area contributed by atoms with Gasteiger partial charge in [-0.3, -0.25) is 0 Å². The van der Waals surface area contributed by atoms with Crippen LogP contribution in [-0.4, -0.2) is 9.55 Å². The molecule has 0 bridgehead atoms. The molecule has 2 nitrogen and oxygen atoms in total. The first-order valence-electron chi connectivity index (χ1n) is 6.18. The summed E-state index contributed by atoms with van der Waals surface area (Å²) >= 11 is 3.62. The van der Waals surface area contributed by atoms with E-state index >= 15 is 0 Å². The third kappa shape index (κ3) is 2.25. The third-order valence-corrected chi connectivity index (χ3v) is 3.55. The number of halogens is 1. The van der Waals surface area contributed by atoms with Crippen molar-refractivity contribution >= 4 is 27.0 Å². The van der Waals surface area contributed by atoms with Crippen LogP contribution in [0.4, 0.5) is 0 Å². The van der Waals surface area contributed by atoms with E-state index in [0.29, 0.717) is 5.92 Å². The van der Waals surface area contributed by atoms with Crippen molar-refractivity contribution in [1.82, 2.24) is 9.55 Å². The highest BCUT2D eigenvalue weighted by molar-refractivity contribution is 9.09. The molecule has 3 heteroatoms. The molecule has 0 aliphatic rings. The molecule has 1 aromatic carbocycles. The van der Waals surface area contributed by atoms with E-state index in [0.717, 1.165) is 17.9 Å². The summed E-state index contributed by atoms with van der Waals surface area (Å²) in [6.45, 7) is 9.67. The van der Waals surface area contributed by atoms with Crippen LogP contribution in [0.2, 0.25) is 0 Å². The Morgan fingerprint density at radius 3 is 2.53 bits per heavy atom. The van der Waals surface area contributed by atoms with E-state index < -0.39 is 0 Å². The highest BCUT2D eigenvalue weighted by atomic mass is 79.9. The summed E-state index contributed by atoms with van der Waals surface area (Å²) in [5.41, 5.74) is 3.70. The van der Waals surface area contributed by atoms with Gasteiger partial charge < -0.3 is 4.57 Å². The van der Waals surface area contributed by atoms with Gasteiger partial charge in [-0.1, -0.05) is 35.8 Å². The number of imidazole rings is 1. The number of aryl methyl sites for hydroxylation is 1. The van der Waals surface area contributed by atoms with E-state index in [4.69, 9.17) is 4.98 Å². The number of alkyl halides is 1. The molecular weight excluding hydrogens is 276 g/mol. The summed E-state index contributed by atoms with van der Waals surface area (Å²) in [7, 11) is 0. The fourth-order valence-corrected chi connectivity index (χ4v) is 2.51. The van der Waals surface area contributed by atoms with Crippen molar-refractivity contribution in [3.8, 4) is 0 Å². The van der Waals surface area contributed by atoms with Crippen molar-refractivity contribution in [2.45, 2.75) is 45.0 Å². The molecule has 0 saturated carbocycles. The molecule has 2 aromatic rings. The second kappa shape index (κ2) is 4.81. The van der Waals surface area contributed by atoms with Gasteiger partial charge in [-0.15, -0.1) is 0 Å². The number of hydrogen-bond donors (Lipinski definition) is 0. The van der Waals surface area contributed by atoms with E-state index in [2.05, 4.69) is 66.4 Å². The Bertz CT molecular complexity index is 526. The Labute approximate surface area is 111 Å². The molecule has 0 aliphatic heterocycles. The van der Waals surface area contributed by atoms with Crippen LogP contribution in [0.5, 0.6) is 0 Å². The molecule has 0 amide bonds. The first kappa shape index (κ1) is 12.6. The van der Waals surface area contributed by atoms with E-state index in [-0.39, 0.29) is 4.83 Å². The Morgan fingerprint density at radius 2 is 2.00 bits per heavy atom. The molecule has 17 heavy (non-hydrogen) atoms. The quantitative estimate of drug-likeness (QED) is 0.754. The summed E-state index contributed by atoms with van der Waals surface area (Å²) in [5.74, 6) is 1.67. The zero-order valence-electron chi connectivity index (χ0n) is 10.9. The number of nitrogens with zero attached hydrogens (tertiary/aromatic N) is 2. The SMILES string of the molecule is CCn1c(C(C)Br)nc2cc(C(C)C)ccc21. The molecule has 0 N–H and O–H groups in total.